The van der Waals surface area contributed by atoms with Gasteiger partial charge in [-0.3, -0.25) is 9.59 Å². The Morgan fingerprint density at radius 2 is 1.04 bits per heavy atom. The molecule has 0 unspecified atom stereocenters. The molecule has 2 heterocycles. The largest absolute Gasteiger partial charge is 0.289 e. The lowest BCUT2D eigenvalue weighted by Gasteiger charge is -2.36. The molecule has 1 fully saturated rings. The summed E-state index contributed by atoms with van der Waals surface area (Å²) in [4.78, 5) is 36.1. The highest BCUT2D eigenvalue weighted by atomic mass is 32.1. The molecule has 2 aromatic heterocycles. The van der Waals surface area contributed by atoms with Crippen LogP contribution in [-0.2, 0) is 5.41 Å². The quantitative estimate of drug-likeness (QED) is 0.1000. The van der Waals surface area contributed by atoms with Gasteiger partial charge in [-0.25, -0.2) is 20.2 Å². The number of carbonyl (C=O) groups is 2. The molecular formula is C48H26N4O2S2. The van der Waals surface area contributed by atoms with Crippen LogP contribution in [0.1, 0.15) is 84.8 Å². The maximum absolute atomic E-state index is 13.7. The van der Waals surface area contributed by atoms with Crippen LogP contribution in [0.3, 0.4) is 0 Å². The van der Waals surface area contributed by atoms with Gasteiger partial charge in [0.25, 0.3) is 11.4 Å². The summed E-state index contributed by atoms with van der Waals surface area (Å²) >= 11 is 3.20. The molecule has 10 rings (SSSR count). The number of ketones is 2. The summed E-state index contributed by atoms with van der Waals surface area (Å²) < 4.78 is 2.19. The van der Waals surface area contributed by atoms with Gasteiger partial charge in [-0.15, -0.1) is 22.7 Å². The van der Waals surface area contributed by atoms with E-state index in [2.05, 4.69) is 46.1 Å². The third kappa shape index (κ3) is 4.74. The zero-order valence-corrected chi connectivity index (χ0v) is 31.3. The predicted octanol–water partition coefficient (Wildman–Crippen LogP) is 12.2. The zero-order valence-electron chi connectivity index (χ0n) is 29.7. The lowest BCUT2D eigenvalue weighted by molar-refractivity contribution is 0.103. The van der Waals surface area contributed by atoms with E-state index in [0.29, 0.717) is 44.5 Å². The number of rotatable bonds is 2. The van der Waals surface area contributed by atoms with Crippen molar-refractivity contribution in [2.45, 2.75) is 37.5 Å². The number of carbonyl (C=O) groups excluding carboxylic acids is 2. The van der Waals surface area contributed by atoms with E-state index in [0.717, 1.165) is 55.6 Å². The highest BCUT2D eigenvalue weighted by Crippen LogP contribution is 2.58. The van der Waals surface area contributed by atoms with Crippen molar-refractivity contribution >= 4 is 77.7 Å². The highest BCUT2D eigenvalue weighted by molar-refractivity contribution is 7.20. The smallest absolute Gasteiger partial charge is 0.270 e. The first-order valence-electron chi connectivity index (χ1n) is 18.3. The lowest BCUT2D eigenvalue weighted by atomic mass is 9.67. The summed E-state index contributed by atoms with van der Waals surface area (Å²) in [7, 11) is 0. The molecule has 0 aliphatic heterocycles. The van der Waals surface area contributed by atoms with Gasteiger partial charge in [0.05, 0.1) is 25.3 Å². The van der Waals surface area contributed by atoms with Crippen LogP contribution in [0.25, 0.3) is 64.3 Å². The molecule has 6 nitrogen and oxygen atoms in total. The Bertz CT molecular complexity index is 2910. The molecule has 0 atom stereocenters. The van der Waals surface area contributed by atoms with Gasteiger partial charge in [0.2, 0.25) is 0 Å². The molecule has 0 radical (unpaired) electrons. The molecule has 4 aromatic carbocycles. The van der Waals surface area contributed by atoms with Crippen molar-refractivity contribution in [3.05, 3.63) is 173 Å². The van der Waals surface area contributed by atoms with Crippen LogP contribution in [0.2, 0.25) is 0 Å². The van der Waals surface area contributed by atoms with E-state index in [4.69, 9.17) is 13.1 Å². The van der Waals surface area contributed by atoms with Gasteiger partial charge >= 0.3 is 0 Å². The molecule has 1 saturated carbocycles. The van der Waals surface area contributed by atoms with Crippen LogP contribution in [0.5, 0.6) is 0 Å². The van der Waals surface area contributed by atoms with Gasteiger partial charge in [0.15, 0.2) is 11.6 Å². The van der Waals surface area contributed by atoms with E-state index in [1.54, 1.807) is 59.1 Å². The number of fused-ring (bicyclic) bond motifs is 9. The van der Waals surface area contributed by atoms with Crippen molar-refractivity contribution in [1.82, 2.24) is 0 Å². The first-order valence-corrected chi connectivity index (χ1v) is 19.9. The lowest BCUT2D eigenvalue weighted by Crippen LogP contribution is -2.28. The van der Waals surface area contributed by atoms with Gasteiger partial charge < -0.3 is 0 Å². The predicted molar refractivity (Wildman–Crippen MR) is 222 cm³/mol. The molecule has 4 aliphatic rings. The van der Waals surface area contributed by atoms with Crippen LogP contribution in [0.4, 0.5) is 0 Å². The summed E-state index contributed by atoms with van der Waals surface area (Å²) in [5, 5.41) is 21.9. The Kier molecular flexibility index (Phi) is 7.54. The Hall–Kier alpha value is -6.94. The van der Waals surface area contributed by atoms with E-state index in [1.807, 2.05) is 36.4 Å². The van der Waals surface area contributed by atoms with Crippen LogP contribution in [0.15, 0.2) is 107 Å². The maximum Gasteiger partial charge on any atom is 0.270 e. The molecule has 8 heteroatoms. The number of allylic oxidation sites excluding steroid dienone is 6. The number of nitrogens with zero attached hydrogens (tertiary/aromatic N) is 4. The monoisotopic (exact) mass is 754 g/mol. The minimum atomic E-state index is -0.178. The summed E-state index contributed by atoms with van der Waals surface area (Å²) in [5.41, 5.74) is 8.64. The number of benzene rings is 4. The topological polar surface area (TPSA) is 90.4 Å². The molecule has 56 heavy (non-hydrogen) atoms. The van der Waals surface area contributed by atoms with Gasteiger partial charge in [0, 0.05) is 58.0 Å². The van der Waals surface area contributed by atoms with Gasteiger partial charge in [-0.2, -0.15) is 0 Å². The van der Waals surface area contributed by atoms with Crippen LogP contribution >= 0.6 is 22.7 Å². The number of thiophene rings is 2. The molecule has 6 aromatic rings. The maximum atomic E-state index is 13.7. The van der Waals surface area contributed by atoms with Crippen molar-refractivity contribution in [1.29, 1.82) is 10.5 Å². The SMILES string of the molecule is [C-]#[N+]/C(C#N)=C1\C(=C\c2cc3cc4c(cc3s2)-c2cc3sc(/C=C5\C(=O)c6ccccc6\C5=C(\C#N)[N+]#[C-])cc3cc2C42CCCCC2)C(=O)c2ccccc21. The molecule has 0 N–H and O–H groups in total. The van der Waals surface area contributed by atoms with Gasteiger partial charge in [-0.1, -0.05) is 67.8 Å². The molecule has 1 spiro atoms. The standard InChI is InChI=1S/C48H26N4O2S2/c1-51-40(24-49)44-30-10-4-6-12-32(30)46(53)36(44)20-28-16-26-18-38-34(22-42(26)55-28)35-23-43-27(19-39(35)48(38)14-8-3-9-15-48)17-29(56-43)21-37-45(41(25-50)52-2)31-11-5-7-13-33(31)47(37)54/h4-7,10-13,16-23H,3,8-9,14-15H2/b36-20-,37-21-,44-40-,45-41+. The van der Waals surface area contributed by atoms with Crippen molar-refractivity contribution in [2.24, 2.45) is 0 Å². The second kappa shape index (κ2) is 12.6. The van der Waals surface area contributed by atoms with Crippen LogP contribution in [-0.4, -0.2) is 11.6 Å². The normalized spacial score (nSPS) is 19.4. The second-order valence-electron chi connectivity index (χ2n) is 14.6. The molecule has 0 bridgehead atoms. The third-order valence-corrected chi connectivity index (χ3v) is 13.9. The Morgan fingerprint density at radius 1 is 0.607 bits per heavy atom. The van der Waals surface area contributed by atoms with E-state index >= 15 is 0 Å². The fourth-order valence-electron chi connectivity index (χ4n) is 9.38. The molecular weight excluding hydrogens is 729 g/mol. The van der Waals surface area contributed by atoms with E-state index in [9.17, 15) is 20.1 Å². The minimum absolute atomic E-state index is 0.0862. The highest BCUT2D eigenvalue weighted by Gasteiger charge is 2.44. The van der Waals surface area contributed by atoms with Crippen molar-refractivity contribution < 1.29 is 9.59 Å². The first-order chi connectivity index (χ1) is 27.4. The summed E-state index contributed by atoms with van der Waals surface area (Å²) in [6.45, 7) is 15.3. The Balaban J connectivity index is 1.10. The summed E-state index contributed by atoms with van der Waals surface area (Å²) in [6.07, 6.45) is 9.26. The molecule has 4 aliphatic carbocycles. The average molecular weight is 755 g/mol. The number of Topliss-reactive ketones (excluding diaryl/α,β-unsaturated/α-hetero) is 2. The van der Waals surface area contributed by atoms with E-state index in [-0.39, 0.29) is 28.4 Å². The zero-order chi connectivity index (χ0) is 38.3. The Morgan fingerprint density at radius 3 is 1.45 bits per heavy atom. The van der Waals surface area contributed by atoms with E-state index < -0.39 is 0 Å². The third-order valence-electron chi connectivity index (χ3n) is 11.8. The van der Waals surface area contributed by atoms with Crippen molar-refractivity contribution in [3.8, 4) is 23.3 Å². The van der Waals surface area contributed by atoms with Crippen molar-refractivity contribution in [2.75, 3.05) is 0 Å². The van der Waals surface area contributed by atoms with E-state index in [1.165, 1.54) is 28.7 Å². The first kappa shape index (κ1) is 33.6. The van der Waals surface area contributed by atoms with Crippen LogP contribution in [0, 0.1) is 35.8 Å². The number of nitriles is 2. The minimum Gasteiger partial charge on any atom is -0.289 e. The molecule has 0 saturated heterocycles. The fraction of sp³-hybridized carbons (Fsp3) is 0.125. The van der Waals surface area contributed by atoms with Crippen molar-refractivity contribution in [3.63, 3.8) is 0 Å². The number of hydrogen-bond acceptors (Lipinski definition) is 6. The number of hydrogen-bond donors (Lipinski definition) is 0. The average Bonchev–Trinajstić information content (AvgIpc) is 4.01. The summed E-state index contributed by atoms with van der Waals surface area (Å²) in [5.74, 6) is -0.356. The van der Waals surface area contributed by atoms with Crippen LogP contribution < -0.4 is 0 Å². The van der Waals surface area contributed by atoms with Gasteiger partial charge in [-0.05, 0) is 106 Å². The molecule has 0 amide bonds. The fourth-order valence-corrected chi connectivity index (χ4v) is 11.4. The Labute approximate surface area is 330 Å². The van der Waals surface area contributed by atoms with Gasteiger partial charge in [0.1, 0.15) is 0 Å². The molecule has 262 valence electrons. The second-order valence-corrected chi connectivity index (χ2v) is 16.8. The summed E-state index contributed by atoms with van der Waals surface area (Å²) in [6, 6.07) is 31.9.